The van der Waals surface area contributed by atoms with Crippen LogP contribution in [-0.2, 0) is 7.05 Å². The van der Waals surface area contributed by atoms with E-state index in [-0.39, 0.29) is 0 Å². The third kappa shape index (κ3) is 2.43. The van der Waals surface area contributed by atoms with Crippen molar-refractivity contribution in [1.29, 1.82) is 0 Å². The van der Waals surface area contributed by atoms with Gasteiger partial charge >= 0.3 is 0 Å². The second kappa shape index (κ2) is 4.41. The van der Waals surface area contributed by atoms with Crippen molar-refractivity contribution in [2.75, 3.05) is 5.43 Å². The van der Waals surface area contributed by atoms with Crippen molar-refractivity contribution in [2.45, 2.75) is 0 Å². The minimum atomic E-state index is 0.863. The molecular formula is C11H12N4. The second-order valence-corrected chi connectivity index (χ2v) is 3.12. The SMILES string of the molecule is Cn1nccc1NN=Cc1ccccc1. The molecule has 1 heterocycles. The van der Waals surface area contributed by atoms with E-state index in [1.807, 2.05) is 43.4 Å². The number of aryl methyl sites for hydroxylation is 1. The molecule has 0 aliphatic carbocycles. The molecule has 0 unspecified atom stereocenters. The van der Waals surface area contributed by atoms with E-state index < -0.39 is 0 Å². The van der Waals surface area contributed by atoms with Gasteiger partial charge in [0.2, 0.25) is 0 Å². The Morgan fingerprint density at radius 2 is 2.07 bits per heavy atom. The molecule has 2 rings (SSSR count). The Morgan fingerprint density at radius 3 is 2.73 bits per heavy atom. The van der Waals surface area contributed by atoms with Gasteiger partial charge in [-0.2, -0.15) is 10.2 Å². The molecule has 0 saturated heterocycles. The van der Waals surface area contributed by atoms with Crippen LogP contribution >= 0.6 is 0 Å². The van der Waals surface area contributed by atoms with Crippen molar-refractivity contribution >= 4 is 12.0 Å². The van der Waals surface area contributed by atoms with E-state index in [4.69, 9.17) is 0 Å². The van der Waals surface area contributed by atoms with Crippen molar-refractivity contribution in [3.63, 3.8) is 0 Å². The van der Waals surface area contributed by atoms with Crippen LogP contribution in [0.1, 0.15) is 5.56 Å². The molecule has 4 heteroatoms. The number of hydrazone groups is 1. The minimum absolute atomic E-state index is 0.863. The van der Waals surface area contributed by atoms with Crippen molar-refractivity contribution in [2.24, 2.45) is 12.1 Å². The minimum Gasteiger partial charge on any atom is -0.262 e. The normalized spacial score (nSPS) is 10.7. The fourth-order valence-electron chi connectivity index (χ4n) is 1.20. The molecule has 0 aliphatic heterocycles. The first-order valence-corrected chi connectivity index (χ1v) is 4.68. The summed E-state index contributed by atoms with van der Waals surface area (Å²) in [6.07, 6.45) is 3.49. The predicted octanol–water partition coefficient (Wildman–Crippen LogP) is 1.87. The average Bonchev–Trinajstić information content (AvgIpc) is 2.66. The summed E-state index contributed by atoms with van der Waals surface area (Å²) < 4.78 is 1.72. The smallest absolute Gasteiger partial charge is 0.144 e. The summed E-state index contributed by atoms with van der Waals surface area (Å²) in [5.74, 6) is 0.863. The van der Waals surface area contributed by atoms with Crippen LogP contribution in [-0.4, -0.2) is 16.0 Å². The van der Waals surface area contributed by atoms with Gasteiger partial charge in [-0.1, -0.05) is 30.3 Å². The van der Waals surface area contributed by atoms with Gasteiger partial charge in [0.1, 0.15) is 5.82 Å². The van der Waals surface area contributed by atoms with Crippen LogP contribution in [0.5, 0.6) is 0 Å². The highest BCUT2D eigenvalue weighted by Gasteiger charge is 1.93. The van der Waals surface area contributed by atoms with Gasteiger partial charge in [0.25, 0.3) is 0 Å². The fourth-order valence-corrected chi connectivity index (χ4v) is 1.20. The monoisotopic (exact) mass is 200 g/mol. The molecule has 4 nitrogen and oxygen atoms in total. The van der Waals surface area contributed by atoms with E-state index in [2.05, 4.69) is 15.6 Å². The number of aromatic nitrogens is 2. The average molecular weight is 200 g/mol. The van der Waals surface area contributed by atoms with Gasteiger partial charge in [0.15, 0.2) is 0 Å². The molecule has 0 amide bonds. The maximum atomic E-state index is 4.11. The zero-order valence-corrected chi connectivity index (χ0v) is 8.46. The van der Waals surface area contributed by atoms with Crippen molar-refractivity contribution in [3.05, 3.63) is 48.2 Å². The number of nitrogens with zero attached hydrogens (tertiary/aromatic N) is 3. The fraction of sp³-hybridized carbons (Fsp3) is 0.0909. The lowest BCUT2D eigenvalue weighted by Gasteiger charge is -1.98. The molecule has 0 radical (unpaired) electrons. The number of nitrogens with one attached hydrogen (secondary N) is 1. The largest absolute Gasteiger partial charge is 0.262 e. The van der Waals surface area contributed by atoms with Crippen molar-refractivity contribution < 1.29 is 0 Å². The Kier molecular flexibility index (Phi) is 2.78. The Bertz CT molecular complexity index is 445. The summed E-state index contributed by atoms with van der Waals surface area (Å²) >= 11 is 0. The van der Waals surface area contributed by atoms with E-state index in [1.54, 1.807) is 17.1 Å². The third-order valence-electron chi connectivity index (χ3n) is 2.01. The molecule has 0 spiro atoms. The summed E-state index contributed by atoms with van der Waals surface area (Å²) in [6.45, 7) is 0. The van der Waals surface area contributed by atoms with Crippen LogP contribution in [0.25, 0.3) is 0 Å². The van der Waals surface area contributed by atoms with Gasteiger partial charge in [-0.25, -0.2) is 0 Å². The zero-order chi connectivity index (χ0) is 10.5. The molecule has 2 aromatic rings. The first kappa shape index (κ1) is 9.45. The van der Waals surface area contributed by atoms with Gasteiger partial charge < -0.3 is 0 Å². The molecule has 0 saturated carbocycles. The van der Waals surface area contributed by atoms with Gasteiger partial charge in [0.05, 0.1) is 12.4 Å². The Labute approximate surface area is 88.2 Å². The number of anilines is 1. The summed E-state index contributed by atoms with van der Waals surface area (Å²) in [5.41, 5.74) is 3.97. The highest BCUT2D eigenvalue weighted by molar-refractivity contribution is 5.79. The summed E-state index contributed by atoms with van der Waals surface area (Å²) in [7, 11) is 1.86. The molecule has 0 fully saturated rings. The van der Waals surface area contributed by atoms with E-state index in [1.165, 1.54) is 0 Å². The quantitative estimate of drug-likeness (QED) is 0.607. The topological polar surface area (TPSA) is 42.2 Å². The lowest BCUT2D eigenvalue weighted by molar-refractivity contribution is 0.772. The van der Waals surface area contributed by atoms with Gasteiger partial charge in [0, 0.05) is 13.1 Å². The van der Waals surface area contributed by atoms with Crippen LogP contribution in [0, 0.1) is 0 Å². The first-order chi connectivity index (χ1) is 7.36. The van der Waals surface area contributed by atoms with Crippen LogP contribution in [0.15, 0.2) is 47.7 Å². The van der Waals surface area contributed by atoms with E-state index in [0.29, 0.717) is 0 Å². The molecule has 15 heavy (non-hydrogen) atoms. The number of hydrogen-bond acceptors (Lipinski definition) is 3. The summed E-state index contributed by atoms with van der Waals surface area (Å²) in [5, 5.41) is 8.13. The molecule has 76 valence electrons. The molecule has 0 atom stereocenters. The maximum absolute atomic E-state index is 4.11. The van der Waals surface area contributed by atoms with Crippen molar-refractivity contribution in [1.82, 2.24) is 9.78 Å². The Balaban J connectivity index is 2.00. The number of benzene rings is 1. The van der Waals surface area contributed by atoms with Gasteiger partial charge in [-0.05, 0) is 5.56 Å². The zero-order valence-electron chi connectivity index (χ0n) is 8.46. The summed E-state index contributed by atoms with van der Waals surface area (Å²) in [6, 6.07) is 11.8. The Morgan fingerprint density at radius 1 is 1.27 bits per heavy atom. The first-order valence-electron chi connectivity index (χ1n) is 4.68. The van der Waals surface area contributed by atoms with E-state index in [0.717, 1.165) is 11.4 Å². The van der Waals surface area contributed by atoms with Gasteiger partial charge in [-0.3, -0.25) is 10.1 Å². The molecule has 1 aromatic heterocycles. The van der Waals surface area contributed by atoms with Gasteiger partial charge in [-0.15, -0.1) is 0 Å². The predicted molar refractivity (Wildman–Crippen MR) is 60.9 cm³/mol. The lowest BCUT2D eigenvalue weighted by Crippen LogP contribution is -1.98. The Hall–Kier alpha value is -2.10. The van der Waals surface area contributed by atoms with Crippen LogP contribution in [0.3, 0.4) is 0 Å². The highest BCUT2D eigenvalue weighted by Crippen LogP contribution is 2.02. The number of rotatable bonds is 3. The maximum Gasteiger partial charge on any atom is 0.144 e. The summed E-state index contributed by atoms with van der Waals surface area (Å²) in [4.78, 5) is 0. The lowest BCUT2D eigenvalue weighted by atomic mass is 10.2. The third-order valence-corrected chi connectivity index (χ3v) is 2.01. The van der Waals surface area contributed by atoms with Crippen LogP contribution in [0.2, 0.25) is 0 Å². The standard InChI is InChI=1S/C11H12N4/c1-15-11(7-8-13-15)14-12-9-10-5-3-2-4-6-10/h2-9,14H,1H3. The van der Waals surface area contributed by atoms with Crippen molar-refractivity contribution in [3.8, 4) is 0 Å². The van der Waals surface area contributed by atoms with Crippen LogP contribution < -0.4 is 5.43 Å². The van der Waals surface area contributed by atoms with E-state index in [9.17, 15) is 0 Å². The van der Waals surface area contributed by atoms with E-state index >= 15 is 0 Å². The molecule has 1 N–H and O–H groups in total. The van der Waals surface area contributed by atoms with Crippen LogP contribution in [0.4, 0.5) is 5.82 Å². The molecule has 0 aliphatic rings. The molecule has 0 bridgehead atoms. The second-order valence-electron chi connectivity index (χ2n) is 3.12. The molecular weight excluding hydrogens is 188 g/mol. The highest BCUT2D eigenvalue weighted by atomic mass is 15.4. The number of hydrogen-bond donors (Lipinski definition) is 1. The molecule has 1 aromatic carbocycles.